The Bertz CT molecular complexity index is 1300. The standard InChI is InChI=1S/C21H13ClF3NO6S/c22-15-9-14(21(23,24)25)10-18(20(15)29)33(30,31)26-16-8-13(12-4-2-1-3-5-12)6-7-17(16)32-11-19(27)28/h2,4-10,26,29H,11H2,(H,27,28). The molecule has 3 aromatic carbocycles. The Hall–Kier alpha value is -3.62. The maximum atomic E-state index is 13.1. The van der Waals surface area contributed by atoms with E-state index in [2.05, 4.69) is 12.1 Å². The van der Waals surface area contributed by atoms with Gasteiger partial charge in [0.15, 0.2) is 12.4 Å². The molecule has 0 aliphatic rings. The summed E-state index contributed by atoms with van der Waals surface area (Å²) in [6.45, 7) is -0.817. The van der Waals surface area contributed by atoms with Gasteiger partial charge in [-0.3, -0.25) is 4.72 Å². The highest BCUT2D eigenvalue weighted by Gasteiger charge is 2.34. The highest BCUT2D eigenvalue weighted by atomic mass is 35.5. The Morgan fingerprint density at radius 1 is 1.12 bits per heavy atom. The van der Waals surface area contributed by atoms with Crippen LogP contribution in [0, 0.1) is 12.1 Å². The number of phenolic OH excluding ortho intramolecular Hbond substituents is 1. The van der Waals surface area contributed by atoms with Crippen LogP contribution in [0.3, 0.4) is 0 Å². The van der Waals surface area contributed by atoms with E-state index in [9.17, 15) is 31.5 Å². The van der Waals surface area contributed by atoms with Crippen molar-refractivity contribution in [1.82, 2.24) is 0 Å². The van der Waals surface area contributed by atoms with Crippen LogP contribution in [0.25, 0.3) is 11.1 Å². The molecule has 0 unspecified atom stereocenters. The highest BCUT2D eigenvalue weighted by molar-refractivity contribution is 7.92. The molecule has 0 heterocycles. The number of phenols is 1. The molecule has 0 saturated carbocycles. The van der Waals surface area contributed by atoms with Crippen molar-refractivity contribution < 1.29 is 41.3 Å². The largest absolute Gasteiger partial charge is 0.505 e. The Morgan fingerprint density at radius 3 is 2.45 bits per heavy atom. The summed E-state index contributed by atoms with van der Waals surface area (Å²) in [6, 6.07) is 14.8. The second-order valence-corrected chi connectivity index (χ2v) is 8.58. The number of nitrogens with one attached hydrogen (secondary N) is 1. The number of rotatable bonds is 7. The molecule has 3 aromatic rings. The van der Waals surface area contributed by atoms with Gasteiger partial charge in [0.05, 0.1) is 16.3 Å². The van der Waals surface area contributed by atoms with Gasteiger partial charge in [0, 0.05) is 0 Å². The van der Waals surface area contributed by atoms with Crippen LogP contribution in [0.1, 0.15) is 5.56 Å². The second kappa shape index (κ2) is 9.09. The number of alkyl halides is 3. The van der Waals surface area contributed by atoms with Gasteiger partial charge in [-0.05, 0) is 53.6 Å². The predicted molar refractivity (Wildman–Crippen MR) is 112 cm³/mol. The molecule has 0 fully saturated rings. The Balaban J connectivity index is 2.10. The van der Waals surface area contributed by atoms with E-state index in [-0.39, 0.29) is 17.5 Å². The van der Waals surface area contributed by atoms with Gasteiger partial charge in [-0.1, -0.05) is 29.8 Å². The van der Waals surface area contributed by atoms with Gasteiger partial charge in [-0.2, -0.15) is 13.2 Å². The molecular weight excluding hydrogens is 487 g/mol. The third-order valence-electron chi connectivity index (χ3n) is 4.21. The minimum Gasteiger partial charge on any atom is -0.505 e. The maximum absolute atomic E-state index is 13.1. The molecule has 0 spiro atoms. The SMILES string of the molecule is O=C(O)COc1ccc(-c2cc#ccc2)cc1NS(=O)(=O)c1cc(C(F)(F)F)cc(Cl)c1O. The van der Waals surface area contributed by atoms with E-state index in [1.54, 1.807) is 18.2 Å². The number of benzene rings is 2. The lowest BCUT2D eigenvalue weighted by Gasteiger charge is -2.16. The summed E-state index contributed by atoms with van der Waals surface area (Å²) in [5.41, 5.74) is -0.636. The molecule has 0 bridgehead atoms. The lowest BCUT2D eigenvalue weighted by atomic mass is 10.1. The van der Waals surface area contributed by atoms with Gasteiger partial charge in [0.2, 0.25) is 0 Å². The number of carbonyl (C=O) groups is 1. The van der Waals surface area contributed by atoms with Gasteiger partial charge in [0.25, 0.3) is 10.0 Å². The zero-order chi connectivity index (χ0) is 24.4. The number of halogens is 4. The average molecular weight is 500 g/mol. The topological polar surface area (TPSA) is 113 Å². The quantitative estimate of drug-likeness (QED) is 0.438. The van der Waals surface area contributed by atoms with Crippen LogP contribution in [0.2, 0.25) is 5.02 Å². The molecule has 33 heavy (non-hydrogen) atoms. The van der Waals surface area contributed by atoms with Crippen LogP contribution in [-0.2, 0) is 21.0 Å². The van der Waals surface area contributed by atoms with Crippen LogP contribution in [0.5, 0.6) is 11.5 Å². The summed E-state index contributed by atoms with van der Waals surface area (Å²) in [5.74, 6) is -2.65. The van der Waals surface area contributed by atoms with Gasteiger partial charge < -0.3 is 14.9 Å². The number of carboxylic acid groups (broad SMARTS) is 1. The number of aromatic hydroxyl groups is 1. The molecule has 7 nitrogen and oxygen atoms in total. The number of anilines is 1. The van der Waals surface area contributed by atoms with Crippen molar-refractivity contribution in [3.8, 4) is 22.6 Å². The van der Waals surface area contributed by atoms with E-state index >= 15 is 0 Å². The molecule has 12 heteroatoms. The molecule has 3 N–H and O–H groups in total. The first-order chi connectivity index (χ1) is 15.4. The molecule has 0 aromatic heterocycles. The van der Waals surface area contributed by atoms with Crippen LogP contribution in [0.4, 0.5) is 18.9 Å². The summed E-state index contributed by atoms with van der Waals surface area (Å²) in [4.78, 5) is 9.74. The summed E-state index contributed by atoms with van der Waals surface area (Å²) in [6.07, 6.45) is -4.93. The normalized spacial score (nSPS) is 11.5. The van der Waals surface area contributed by atoms with E-state index < -0.39 is 50.0 Å². The first kappa shape index (κ1) is 24.0. The summed E-state index contributed by atoms with van der Waals surface area (Å²) in [7, 11) is -4.84. The fourth-order valence-corrected chi connectivity index (χ4v) is 4.20. The van der Waals surface area contributed by atoms with E-state index in [4.69, 9.17) is 21.4 Å². The fourth-order valence-electron chi connectivity index (χ4n) is 2.72. The van der Waals surface area contributed by atoms with Crippen molar-refractivity contribution in [2.75, 3.05) is 11.3 Å². The lowest BCUT2D eigenvalue weighted by molar-refractivity contribution is -0.139. The third kappa shape index (κ3) is 5.60. The van der Waals surface area contributed by atoms with E-state index in [0.717, 1.165) is 0 Å². The Morgan fingerprint density at radius 2 is 1.85 bits per heavy atom. The molecule has 0 aliphatic carbocycles. The van der Waals surface area contributed by atoms with Crippen LogP contribution in [-0.4, -0.2) is 31.2 Å². The fraction of sp³-hybridized carbons (Fsp3) is 0.0952. The van der Waals surface area contributed by atoms with Crippen molar-refractivity contribution in [2.24, 2.45) is 0 Å². The summed E-state index contributed by atoms with van der Waals surface area (Å²) >= 11 is 5.62. The molecule has 0 atom stereocenters. The number of hydrogen-bond donors (Lipinski definition) is 3. The lowest BCUT2D eigenvalue weighted by Crippen LogP contribution is -2.17. The Labute approximate surface area is 191 Å². The van der Waals surface area contributed by atoms with Crippen molar-refractivity contribution in [3.05, 3.63) is 71.2 Å². The zero-order valence-corrected chi connectivity index (χ0v) is 17.8. The van der Waals surface area contributed by atoms with Crippen LogP contribution in [0.15, 0.2) is 53.4 Å². The molecule has 0 aliphatic heterocycles. The number of aliphatic carboxylic acids is 1. The monoisotopic (exact) mass is 499 g/mol. The number of ether oxygens (including phenoxy) is 1. The highest BCUT2D eigenvalue weighted by Crippen LogP contribution is 2.40. The number of carboxylic acids is 1. The summed E-state index contributed by atoms with van der Waals surface area (Å²) in [5, 5.41) is 18.1. The Kier molecular flexibility index (Phi) is 6.62. The molecule has 172 valence electrons. The third-order valence-corrected chi connectivity index (χ3v) is 5.88. The van der Waals surface area contributed by atoms with Crippen molar-refractivity contribution in [2.45, 2.75) is 11.1 Å². The van der Waals surface area contributed by atoms with Crippen LogP contribution < -0.4 is 9.46 Å². The molecule has 0 saturated heterocycles. The molecule has 0 amide bonds. The summed E-state index contributed by atoms with van der Waals surface area (Å²) < 4.78 is 72.4. The number of sulfonamides is 1. The van der Waals surface area contributed by atoms with Crippen molar-refractivity contribution in [3.63, 3.8) is 0 Å². The van der Waals surface area contributed by atoms with Crippen molar-refractivity contribution >= 4 is 33.3 Å². The minimum atomic E-state index is -4.93. The molecular formula is C21H13ClF3NO6S. The first-order valence-corrected chi connectivity index (χ1v) is 10.7. The van der Waals surface area contributed by atoms with Gasteiger partial charge in [-0.25, -0.2) is 13.2 Å². The molecule has 3 rings (SSSR count). The second-order valence-electron chi connectivity index (χ2n) is 6.52. The van der Waals surface area contributed by atoms with Gasteiger partial charge in [0.1, 0.15) is 10.6 Å². The molecule has 0 radical (unpaired) electrons. The zero-order valence-electron chi connectivity index (χ0n) is 16.3. The van der Waals surface area contributed by atoms with Crippen LogP contribution >= 0.6 is 11.6 Å². The maximum Gasteiger partial charge on any atom is 0.416 e. The van der Waals surface area contributed by atoms with E-state index in [1.807, 2.05) is 4.72 Å². The van der Waals surface area contributed by atoms with E-state index in [0.29, 0.717) is 17.2 Å². The number of hydrogen-bond acceptors (Lipinski definition) is 5. The smallest absolute Gasteiger partial charge is 0.416 e. The predicted octanol–water partition coefficient (Wildman–Crippen LogP) is 4.60. The average Bonchev–Trinajstić information content (AvgIpc) is 2.74. The van der Waals surface area contributed by atoms with Gasteiger partial charge >= 0.3 is 12.1 Å². The van der Waals surface area contributed by atoms with Crippen molar-refractivity contribution in [1.29, 1.82) is 0 Å². The van der Waals surface area contributed by atoms with Gasteiger partial charge in [-0.15, -0.1) is 0 Å². The first-order valence-electron chi connectivity index (χ1n) is 8.88. The minimum absolute atomic E-state index is 0.214. The van der Waals surface area contributed by atoms with E-state index in [1.165, 1.54) is 18.2 Å².